The van der Waals surface area contributed by atoms with E-state index in [1.54, 1.807) is 6.07 Å². The van der Waals surface area contributed by atoms with Crippen molar-refractivity contribution in [3.8, 4) is 0 Å². The van der Waals surface area contributed by atoms with Crippen LogP contribution < -0.4 is 16.8 Å². The minimum atomic E-state index is -0.515. The molecule has 1 aromatic heterocycles. The average Bonchev–Trinajstić information content (AvgIpc) is 2.74. The zero-order valence-corrected chi connectivity index (χ0v) is 20.9. The molecular weight excluding hydrogens is 463 g/mol. The summed E-state index contributed by atoms with van der Waals surface area (Å²) in [6.07, 6.45) is 0. The Bertz CT molecular complexity index is 958. The van der Waals surface area contributed by atoms with Crippen molar-refractivity contribution >= 4 is 42.4 Å². The second-order valence-corrected chi connectivity index (χ2v) is 8.19. The molecule has 1 aliphatic heterocycles. The monoisotopic (exact) mass is 496 g/mol. The molecule has 3 rings (SSSR count). The van der Waals surface area contributed by atoms with Crippen molar-refractivity contribution in [2.24, 2.45) is 5.73 Å². The Morgan fingerprint density at radius 1 is 1.12 bits per heavy atom. The summed E-state index contributed by atoms with van der Waals surface area (Å²) in [7, 11) is 0. The molecule has 2 amide bonds. The molecule has 0 spiro atoms. The molecule has 1 unspecified atom stereocenters. The summed E-state index contributed by atoms with van der Waals surface area (Å²) in [6.45, 7) is 8.73. The van der Waals surface area contributed by atoms with E-state index < -0.39 is 18.0 Å². The summed E-state index contributed by atoms with van der Waals surface area (Å²) in [4.78, 5) is 33.4. The number of amides is 2. The van der Waals surface area contributed by atoms with Gasteiger partial charge in [-0.05, 0) is 43.5 Å². The number of hydrogen-bond acceptors (Lipinski definition) is 6. The topological polar surface area (TPSA) is 118 Å². The zero-order chi connectivity index (χ0) is 22.5. The van der Waals surface area contributed by atoms with Gasteiger partial charge in [0.15, 0.2) is 0 Å². The van der Waals surface area contributed by atoms with Crippen LogP contribution in [-0.4, -0.2) is 58.3 Å². The number of benzene rings is 1. The highest BCUT2D eigenvalue weighted by atomic mass is 35.5. The third-order valence-corrected chi connectivity index (χ3v) is 6.04. The smallest absolute Gasteiger partial charge is 0.237 e. The first-order chi connectivity index (χ1) is 14.8. The summed E-state index contributed by atoms with van der Waals surface area (Å²) in [5.41, 5.74) is 15.6. The van der Waals surface area contributed by atoms with Gasteiger partial charge in [0.1, 0.15) is 11.9 Å². The first-order valence-corrected chi connectivity index (χ1v) is 10.6. The van der Waals surface area contributed by atoms with E-state index in [0.29, 0.717) is 25.5 Å². The van der Waals surface area contributed by atoms with E-state index in [1.807, 2.05) is 36.9 Å². The lowest BCUT2D eigenvalue weighted by Crippen LogP contribution is -2.62. The number of primary amides is 1. The Labute approximate surface area is 207 Å². The van der Waals surface area contributed by atoms with Gasteiger partial charge in [-0.3, -0.25) is 19.4 Å². The molecule has 10 heteroatoms. The maximum Gasteiger partial charge on any atom is 0.237 e. The summed E-state index contributed by atoms with van der Waals surface area (Å²) < 4.78 is 0. The number of halogens is 2. The van der Waals surface area contributed by atoms with Crippen molar-refractivity contribution in [2.45, 2.75) is 45.9 Å². The number of piperazine rings is 1. The number of carbonyl (C=O) groups excluding carboxylic acids is 2. The number of anilines is 1. The Morgan fingerprint density at radius 3 is 2.45 bits per heavy atom. The van der Waals surface area contributed by atoms with Gasteiger partial charge in [-0.15, -0.1) is 24.8 Å². The SMILES string of the molecule is Cc1ccccc1CN1CCN([C@@H](C)C(=O)NCc2ccc(N)nc2C)C(C(N)=O)C1.Cl.Cl. The lowest BCUT2D eigenvalue weighted by molar-refractivity contribution is -0.133. The van der Waals surface area contributed by atoms with E-state index in [-0.39, 0.29) is 30.7 Å². The van der Waals surface area contributed by atoms with Gasteiger partial charge in [-0.25, -0.2) is 4.98 Å². The third-order valence-electron chi connectivity index (χ3n) is 6.04. The highest BCUT2D eigenvalue weighted by Crippen LogP contribution is 2.18. The van der Waals surface area contributed by atoms with E-state index in [9.17, 15) is 9.59 Å². The quantitative estimate of drug-likeness (QED) is 0.537. The van der Waals surface area contributed by atoms with Gasteiger partial charge in [0.25, 0.3) is 0 Å². The van der Waals surface area contributed by atoms with Crippen molar-refractivity contribution in [3.05, 3.63) is 58.8 Å². The molecular formula is C23H34Cl2N6O2. The molecule has 5 N–H and O–H groups in total. The van der Waals surface area contributed by atoms with Gasteiger partial charge in [0.2, 0.25) is 11.8 Å². The summed E-state index contributed by atoms with van der Waals surface area (Å²) in [6, 6.07) is 10.8. The van der Waals surface area contributed by atoms with E-state index in [1.165, 1.54) is 11.1 Å². The fourth-order valence-electron chi connectivity index (χ4n) is 4.02. The van der Waals surface area contributed by atoms with Crippen LogP contribution in [0.1, 0.15) is 29.3 Å². The molecule has 1 fully saturated rings. The van der Waals surface area contributed by atoms with Crippen LogP contribution in [-0.2, 0) is 22.7 Å². The number of nitrogens with zero attached hydrogens (tertiary/aromatic N) is 3. The van der Waals surface area contributed by atoms with E-state index in [2.05, 4.69) is 34.3 Å². The Hall–Kier alpha value is -2.39. The fraction of sp³-hybridized carbons (Fsp3) is 0.435. The van der Waals surface area contributed by atoms with Crippen molar-refractivity contribution in [1.82, 2.24) is 20.1 Å². The Kier molecular flexibility index (Phi) is 11.1. The molecule has 2 aromatic rings. The van der Waals surface area contributed by atoms with Crippen LogP contribution in [0.15, 0.2) is 36.4 Å². The molecule has 1 aliphatic rings. The van der Waals surface area contributed by atoms with Crippen LogP contribution in [0.25, 0.3) is 0 Å². The van der Waals surface area contributed by atoms with Gasteiger partial charge < -0.3 is 16.8 Å². The van der Waals surface area contributed by atoms with E-state index >= 15 is 0 Å². The van der Waals surface area contributed by atoms with Crippen molar-refractivity contribution in [3.63, 3.8) is 0 Å². The first-order valence-electron chi connectivity index (χ1n) is 10.6. The molecule has 8 nitrogen and oxygen atoms in total. The predicted octanol–water partition coefficient (Wildman–Crippen LogP) is 1.80. The maximum atomic E-state index is 12.8. The second-order valence-electron chi connectivity index (χ2n) is 8.19. The normalized spacial score (nSPS) is 17.4. The lowest BCUT2D eigenvalue weighted by Gasteiger charge is -2.42. The highest BCUT2D eigenvalue weighted by molar-refractivity contribution is 5.86. The van der Waals surface area contributed by atoms with Crippen LogP contribution in [0.2, 0.25) is 0 Å². The highest BCUT2D eigenvalue weighted by Gasteiger charge is 2.36. The lowest BCUT2D eigenvalue weighted by atomic mass is 10.0. The standard InChI is InChI=1S/C23H32N6O2.2ClH/c1-15-6-4-5-7-19(15)13-28-10-11-29(20(14-28)22(25)30)17(3)23(31)26-12-18-8-9-21(24)27-16(18)2;;/h4-9,17,20H,10-14H2,1-3H3,(H2,24,27)(H2,25,30)(H,26,31);2*1H/t17-,20?;;/m0../s1. The molecule has 1 saturated heterocycles. The van der Waals surface area contributed by atoms with Crippen LogP contribution in [0, 0.1) is 13.8 Å². The average molecular weight is 497 g/mol. The molecule has 33 heavy (non-hydrogen) atoms. The molecule has 1 aromatic carbocycles. The van der Waals surface area contributed by atoms with E-state index in [4.69, 9.17) is 11.5 Å². The van der Waals surface area contributed by atoms with E-state index in [0.717, 1.165) is 24.3 Å². The van der Waals surface area contributed by atoms with Gasteiger partial charge >= 0.3 is 0 Å². The minimum Gasteiger partial charge on any atom is -0.384 e. The second kappa shape index (κ2) is 12.7. The number of aromatic nitrogens is 1. The number of aryl methyl sites for hydroxylation is 2. The van der Waals surface area contributed by atoms with Gasteiger partial charge in [0, 0.05) is 38.4 Å². The van der Waals surface area contributed by atoms with Crippen molar-refractivity contribution in [1.29, 1.82) is 0 Å². The van der Waals surface area contributed by atoms with Crippen molar-refractivity contribution < 1.29 is 9.59 Å². The molecule has 2 atom stereocenters. The van der Waals surface area contributed by atoms with Crippen LogP contribution >= 0.6 is 24.8 Å². The number of rotatable bonds is 7. The number of nitrogens with two attached hydrogens (primary N) is 2. The minimum absolute atomic E-state index is 0. The summed E-state index contributed by atoms with van der Waals surface area (Å²) >= 11 is 0. The number of nitrogens with one attached hydrogen (secondary N) is 1. The predicted molar refractivity (Wildman–Crippen MR) is 135 cm³/mol. The van der Waals surface area contributed by atoms with Crippen molar-refractivity contribution in [2.75, 3.05) is 25.4 Å². The van der Waals surface area contributed by atoms with Gasteiger partial charge in [-0.1, -0.05) is 30.3 Å². The molecule has 182 valence electrons. The Balaban J connectivity index is 0.00000272. The largest absolute Gasteiger partial charge is 0.384 e. The number of carbonyl (C=O) groups is 2. The van der Waals surface area contributed by atoms with Crippen LogP contribution in [0.3, 0.4) is 0 Å². The molecule has 0 radical (unpaired) electrons. The van der Waals surface area contributed by atoms with Gasteiger partial charge in [-0.2, -0.15) is 0 Å². The summed E-state index contributed by atoms with van der Waals surface area (Å²) in [5, 5.41) is 2.95. The third kappa shape index (κ3) is 7.30. The number of hydrogen-bond donors (Lipinski definition) is 3. The fourth-order valence-corrected chi connectivity index (χ4v) is 4.02. The maximum absolute atomic E-state index is 12.8. The molecule has 0 aliphatic carbocycles. The van der Waals surface area contributed by atoms with Crippen LogP contribution in [0.4, 0.5) is 5.82 Å². The number of nitrogen functional groups attached to an aromatic ring is 1. The first kappa shape index (κ1) is 28.6. The van der Waals surface area contributed by atoms with Gasteiger partial charge in [0.05, 0.1) is 6.04 Å². The Morgan fingerprint density at radius 2 is 1.82 bits per heavy atom. The number of pyridine rings is 1. The summed E-state index contributed by atoms with van der Waals surface area (Å²) in [5.74, 6) is -0.101. The molecule has 0 bridgehead atoms. The zero-order valence-electron chi connectivity index (χ0n) is 19.3. The molecule has 2 heterocycles. The van der Waals surface area contributed by atoms with Crippen LogP contribution in [0.5, 0.6) is 0 Å². The molecule has 0 saturated carbocycles.